The van der Waals surface area contributed by atoms with E-state index in [9.17, 15) is 9.59 Å². The second kappa shape index (κ2) is 8.17. The normalized spacial score (nSPS) is 25.6. The maximum Gasteiger partial charge on any atom is 0.242 e. The Balaban J connectivity index is 1.39. The second-order valence-corrected chi connectivity index (χ2v) is 7.44. The van der Waals surface area contributed by atoms with Crippen LogP contribution < -0.4 is 20.1 Å². The summed E-state index contributed by atoms with van der Waals surface area (Å²) in [6.07, 6.45) is 4.69. The minimum atomic E-state index is -0.407. The molecule has 2 N–H and O–H groups in total. The summed E-state index contributed by atoms with van der Waals surface area (Å²) in [5.74, 6) is 1.42. The van der Waals surface area contributed by atoms with Crippen LogP contribution in [0.2, 0.25) is 0 Å². The summed E-state index contributed by atoms with van der Waals surface area (Å²) in [6.45, 7) is 3.03. The van der Waals surface area contributed by atoms with Crippen molar-refractivity contribution in [2.75, 3.05) is 32.8 Å². The number of hydrogen-bond donors (Lipinski definition) is 2. The number of benzene rings is 1. The van der Waals surface area contributed by atoms with Gasteiger partial charge in [0.15, 0.2) is 11.5 Å². The number of carbonyl (C=O) groups excluding carboxylic acids is 2. The van der Waals surface area contributed by atoms with E-state index in [1.54, 1.807) is 0 Å². The second-order valence-electron chi connectivity index (χ2n) is 7.44. The highest BCUT2D eigenvalue weighted by atomic mass is 16.6. The minimum absolute atomic E-state index is 0.0642. The van der Waals surface area contributed by atoms with E-state index in [1.807, 2.05) is 12.1 Å². The van der Waals surface area contributed by atoms with Crippen LogP contribution in [0.4, 0.5) is 0 Å². The topological polar surface area (TPSA) is 79.9 Å². The summed E-state index contributed by atoms with van der Waals surface area (Å²) in [7, 11) is 0. The first-order valence-corrected chi connectivity index (χ1v) is 9.91. The van der Waals surface area contributed by atoms with Crippen LogP contribution in [-0.2, 0) is 9.59 Å². The molecule has 2 saturated heterocycles. The van der Waals surface area contributed by atoms with Crippen LogP contribution in [0.1, 0.15) is 43.7 Å². The van der Waals surface area contributed by atoms with Crippen molar-refractivity contribution in [2.24, 2.45) is 0 Å². The molecule has 0 spiro atoms. The van der Waals surface area contributed by atoms with Crippen LogP contribution in [0.3, 0.4) is 0 Å². The van der Waals surface area contributed by atoms with Gasteiger partial charge in [0.2, 0.25) is 11.8 Å². The van der Waals surface area contributed by atoms with Crippen LogP contribution in [0.15, 0.2) is 18.2 Å². The van der Waals surface area contributed by atoms with Gasteiger partial charge in [-0.05, 0) is 56.3 Å². The van der Waals surface area contributed by atoms with Gasteiger partial charge in [-0.25, -0.2) is 0 Å². The average Bonchev–Trinajstić information content (AvgIpc) is 3.04. The molecule has 3 aliphatic heterocycles. The van der Waals surface area contributed by atoms with Gasteiger partial charge in [-0.2, -0.15) is 0 Å². The van der Waals surface area contributed by atoms with Gasteiger partial charge in [-0.3, -0.25) is 14.5 Å². The van der Waals surface area contributed by atoms with Crippen molar-refractivity contribution in [1.29, 1.82) is 0 Å². The highest BCUT2D eigenvalue weighted by Crippen LogP contribution is 2.37. The van der Waals surface area contributed by atoms with Crippen LogP contribution in [-0.4, -0.2) is 55.6 Å². The quantitative estimate of drug-likeness (QED) is 0.834. The predicted octanol–water partition coefficient (Wildman–Crippen LogP) is 1.38. The van der Waals surface area contributed by atoms with Gasteiger partial charge in [0, 0.05) is 12.6 Å². The summed E-state index contributed by atoms with van der Waals surface area (Å²) in [5, 5.41) is 5.78. The summed E-state index contributed by atoms with van der Waals surface area (Å²) in [6, 6.07) is 5.84. The van der Waals surface area contributed by atoms with E-state index in [-0.39, 0.29) is 17.9 Å². The molecule has 1 aromatic rings. The Morgan fingerprint density at radius 3 is 2.89 bits per heavy atom. The Kier molecular flexibility index (Phi) is 5.48. The molecule has 0 saturated carbocycles. The number of fused-ring (bicyclic) bond motifs is 1. The van der Waals surface area contributed by atoms with Crippen molar-refractivity contribution >= 4 is 11.8 Å². The Morgan fingerprint density at radius 1 is 1.15 bits per heavy atom. The van der Waals surface area contributed by atoms with Gasteiger partial charge in [-0.15, -0.1) is 0 Å². The number of amides is 2. The molecule has 7 heteroatoms. The fourth-order valence-electron chi connectivity index (χ4n) is 4.16. The van der Waals surface area contributed by atoms with E-state index < -0.39 is 6.04 Å². The first-order valence-electron chi connectivity index (χ1n) is 9.91. The van der Waals surface area contributed by atoms with E-state index >= 15 is 0 Å². The number of ether oxygens (including phenoxy) is 2. The molecule has 0 radical (unpaired) electrons. The molecule has 27 heavy (non-hydrogen) atoms. The number of nitrogens with zero attached hydrogens (tertiary/aromatic N) is 1. The number of nitrogens with one attached hydrogen (secondary N) is 2. The lowest BCUT2D eigenvalue weighted by Gasteiger charge is -2.26. The predicted molar refractivity (Wildman–Crippen MR) is 99.8 cm³/mol. The highest BCUT2D eigenvalue weighted by molar-refractivity contribution is 5.88. The lowest BCUT2D eigenvalue weighted by Crippen LogP contribution is -2.48. The molecule has 2 amide bonds. The van der Waals surface area contributed by atoms with Crippen LogP contribution in [0.25, 0.3) is 0 Å². The molecule has 1 aromatic carbocycles. The number of hydrogen-bond acceptors (Lipinski definition) is 5. The Morgan fingerprint density at radius 2 is 2.00 bits per heavy atom. The molecule has 0 aliphatic carbocycles. The van der Waals surface area contributed by atoms with E-state index in [4.69, 9.17) is 9.47 Å². The Bertz CT molecular complexity index is 708. The third-order valence-corrected chi connectivity index (χ3v) is 5.53. The van der Waals surface area contributed by atoms with Crippen molar-refractivity contribution in [2.45, 2.75) is 44.2 Å². The van der Waals surface area contributed by atoms with Crippen molar-refractivity contribution in [3.63, 3.8) is 0 Å². The van der Waals surface area contributed by atoms with Crippen molar-refractivity contribution in [1.82, 2.24) is 15.5 Å². The number of rotatable bonds is 4. The summed E-state index contributed by atoms with van der Waals surface area (Å²) in [5.41, 5.74) is 1.15. The molecule has 146 valence electrons. The number of likely N-dealkylation sites (tertiary alicyclic amines) is 1. The fourth-order valence-corrected chi connectivity index (χ4v) is 4.16. The van der Waals surface area contributed by atoms with E-state index in [0.29, 0.717) is 32.7 Å². The lowest BCUT2D eigenvalue weighted by molar-refractivity contribution is -0.129. The van der Waals surface area contributed by atoms with Gasteiger partial charge >= 0.3 is 0 Å². The zero-order valence-electron chi connectivity index (χ0n) is 15.5. The summed E-state index contributed by atoms with van der Waals surface area (Å²) >= 11 is 0. The smallest absolute Gasteiger partial charge is 0.242 e. The molecule has 2 atom stereocenters. The molecule has 3 aliphatic rings. The minimum Gasteiger partial charge on any atom is -0.486 e. The third kappa shape index (κ3) is 4.18. The first kappa shape index (κ1) is 18.1. The van der Waals surface area contributed by atoms with Gasteiger partial charge in [-0.1, -0.05) is 6.07 Å². The first-order chi connectivity index (χ1) is 13.2. The van der Waals surface area contributed by atoms with Gasteiger partial charge in [0.25, 0.3) is 0 Å². The largest absolute Gasteiger partial charge is 0.486 e. The van der Waals surface area contributed by atoms with E-state index in [0.717, 1.165) is 49.3 Å². The molecule has 7 nitrogen and oxygen atoms in total. The van der Waals surface area contributed by atoms with E-state index in [1.165, 1.54) is 0 Å². The molecule has 0 aromatic heterocycles. The summed E-state index contributed by atoms with van der Waals surface area (Å²) < 4.78 is 11.3. The maximum atomic E-state index is 12.6. The molecular weight excluding hydrogens is 346 g/mol. The van der Waals surface area contributed by atoms with Gasteiger partial charge in [0.05, 0.1) is 6.54 Å². The molecule has 2 unspecified atom stereocenters. The SMILES string of the molecule is O=C(CN1CCCC1c1ccc2c(c1)OCCO2)NC1CCCCNC1=O. The summed E-state index contributed by atoms with van der Waals surface area (Å²) in [4.78, 5) is 26.8. The lowest BCUT2D eigenvalue weighted by atomic mass is 10.0. The zero-order valence-corrected chi connectivity index (χ0v) is 15.5. The van der Waals surface area contributed by atoms with Crippen LogP contribution >= 0.6 is 0 Å². The van der Waals surface area contributed by atoms with Crippen molar-refractivity contribution in [3.8, 4) is 11.5 Å². The fraction of sp³-hybridized carbons (Fsp3) is 0.600. The monoisotopic (exact) mass is 373 g/mol. The number of carbonyl (C=O) groups is 2. The molecule has 4 rings (SSSR count). The molecule has 3 heterocycles. The molecule has 2 fully saturated rings. The molecular formula is C20H27N3O4. The van der Waals surface area contributed by atoms with E-state index in [2.05, 4.69) is 21.6 Å². The van der Waals surface area contributed by atoms with Crippen molar-refractivity contribution < 1.29 is 19.1 Å². The van der Waals surface area contributed by atoms with Gasteiger partial charge in [0.1, 0.15) is 19.3 Å². The maximum absolute atomic E-state index is 12.6. The zero-order chi connectivity index (χ0) is 18.6. The standard InChI is InChI=1S/C20H27N3O4/c24-19(22-15-4-1-2-8-21-20(15)25)13-23-9-3-5-16(23)14-6-7-17-18(12-14)27-11-10-26-17/h6-7,12,15-16H,1-5,8-11,13H2,(H,21,25)(H,22,24). The third-order valence-electron chi connectivity index (χ3n) is 5.53. The Hall–Kier alpha value is -2.28. The Labute approximate surface area is 159 Å². The van der Waals surface area contributed by atoms with Crippen molar-refractivity contribution in [3.05, 3.63) is 23.8 Å². The van der Waals surface area contributed by atoms with Crippen LogP contribution in [0, 0.1) is 0 Å². The average molecular weight is 373 g/mol. The molecule has 0 bridgehead atoms. The highest BCUT2D eigenvalue weighted by Gasteiger charge is 2.30. The van der Waals surface area contributed by atoms with Crippen LogP contribution in [0.5, 0.6) is 11.5 Å². The van der Waals surface area contributed by atoms with Gasteiger partial charge < -0.3 is 20.1 Å².